The van der Waals surface area contributed by atoms with Crippen LogP contribution >= 0.6 is 11.6 Å². The lowest BCUT2D eigenvalue weighted by Gasteiger charge is -2.64. The number of rotatable bonds is 5. The molecule has 2 heteroatoms. The maximum absolute atomic E-state index is 6.24. The van der Waals surface area contributed by atoms with Crippen LogP contribution in [-0.4, -0.2) is 12.1 Å². The molecule has 0 saturated heterocycles. The van der Waals surface area contributed by atoms with E-state index in [-0.39, 0.29) is 0 Å². The van der Waals surface area contributed by atoms with E-state index in [0.717, 1.165) is 22.8 Å². The molecule has 0 spiro atoms. The Morgan fingerprint density at radius 3 is 2.16 bits per heavy atom. The van der Waals surface area contributed by atoms with Crippen LogP contribution in [0.5, 0.6) is 0 Å². The van der Waals surface area contributed by atoms with Crippen molar-refractivity contribution in [3.8, 4) is 0 Å². The van der Waals surface area contributed by atoms with Gasteiger partial charge >= 0.3 is 0 Å². The SMILES string of the molecule is C[C@H](NC1CCC(c2ccccc2)CC1)C12C[C@@H]3C[C@@H](CC(c4ccc(Cl)cc4)(C3)C1)C2. The zero-order valence-electron chi connectivity index (χ0n) is 19.5. The number of halogens is 1. The van der Waals surface area contributed by atoms with Crippen molar-refractivity contribution in [2.45, 2.75) is 94.5 Å². The monoisotopic (exact) mass is 447 g/mol. The summed E-state index contributed by atoms with van der Waals surface area (Å²) in [7, 11) is 0. The molecule has 2 unspecified atom stereocenters. The molecule has 4 bridgehead atoms. The van der Waals surface area contributed by atoms with Gasteiger partial charge in [0.2, 0.25) is 0 Å². The molecule has 170 valence electrons. The average molecular weight is 448 g/mol. The van der Waals surface area contributed by atoms with E-state index in [0.29, 0.717) is 22.9 Å². The molecule has 0 aliphatic heterocycles. The highest BCUT2D eigenvalue weighted by Gasteiger charge is 2.59. The highest BCUT2D eigenvalue weighted by Crippen LogP contribution is 2.66. The van der Waals surface area contributed by atoms with Crippen molar-refractivity contribution in [3.05, 3.63) is 70.7 Å². The highest BCUT2D eigenvalue weighted by molar-refractivity contribution is 6.30. The number of hydrogen-bond donors (Lipinski definition) is 1. The van der Waals surface area contributed by atoms with Crippen LogP contribution in [-0.2, 0) is 5.41 Å². The van der Waals surface area contributed by atoms with Crippen molar-refractivity contribution in [2.75, 3.05) is 0 Å². The van der Waals surface area contributed by atoms with Crippen LogP contribution in [0.3, 0.4) is 0 Å². The van der Waals surface area contributed by atoms with E-state index in [4.69, 9.17) is 11.6 Å². The van der Waals surface area contributed by atoms with Crippen LogP contribution in [0.15, 0.2) is 54.6 Å². The van der Waals surface area contributed by atoms with Gasteiger partial charge in [0, 0.05) is 17.1 Å². The van der Waals surface area contributed by atoms with Gasteiger partial charge in [-0.1, -0.05) is 54.1 Å². The summed E-state index contributed by atoms with van der Waals surface area (Å²) >= 11 is 6.24. The fraction of sp³-hybridized carbons (Fsp3) is 0.600. The van der Waals surface area contributed by atoms with Crippen LogP contribution < -0.4 is 5.32 Å². The standard InChI is InChI=1S/C30H38ClN/c1-21(32-28-13-7-25(8-14-28)24-5-3-2-4-6-24)29-16-22-15-23(17-29)19-30(18-22,20-29)26-9-11-27(31)12-10-26/h2-6,9-12,21-23,25,28,32H,7-8,13-20H2,1H3/t21-,22-,23+,25?,28?,29?,30?/m0/s1. The topological polar surface area (TPSA) is 12.0 Å². The summed E-state index contributed by atoms with van der Waals surface area (Å²) < 4.78 is 0. The Morgan fingerprint density at radius 1 is 0.844 bits per heavy atom. The maximum Gasteiger partial charge on any atom is 0.0406 e. The Bertz CT molecular complexity index is 913. The molecule has 5 atom stereocenters. The van der Waals surface area contributed by atoms with Crippen molar-refractivity contribution in [2.24, 2.45) is 17.3 Å². The summed E-state index contributed by atoms with van der Waals surface area (Å²) in [5.74, 6) is 2.60. The minimum absolute atomic E-state index is 0.398. The number of hydrogen-bond acceptors (Lipinski definition) is 1. The summed E-state index contributed by atoms with van der Waals surface area (Å²) in [6.07, 6.45) is 13.9. The zero-order valence-corrected chi connectivity index (χ0v) is 20.3. The summed E-state index contributed by atoms with van der Waals surface area (Å²) in [6.45, 7) is 2.53. The molecule has 5 aliphatic carbocycles. The van der Waals surface area contributed by atoms with Crippen molar-refractivity contribution >= 4 is 11.6 Å². The van der Waals surface area contributed by atoms with Crippen LogP contribution in [0.2, 0.25) is 5.02 Å². The molecule has 2 aromatic rings. The minimum atomic E-state index is 0.398. The number of nitrogens with one attached hydrogen (secondary N) is 1. The predicted octanol–water partition coefficient (Wildman–Crippen LogP) is 7.88. The van der Waals surface area contributed by atoms with Gasteiger partial charge < -0.3 is 5.32 Å². The zero-order chi connectivity index (χ0) is 21.8. The third kappa shape index (κ3) is 3.74. The highest BCUT2D eigenvalue weighted by atomic mass is 35.5. The normalized spacial score (nSPS) is 39.2. The van der Waals surface area contributed by atoms with Crippen LogP contribution in [0.1, 0.15) is 88.2 Å². The van der Waals surface area contributed by atoms with Gasteiger partial charge in [0.25, 0.3) is 0 Å². The van der Waals surface area contributed by atoms with Gasteiger partial charge in [0.1, 0.15) is 0 Å². The smallest absolute Gasteiger partial charge is 0.0406 e. The minimum Gasteiger partial charge on any atom is -0.311 e. The van der Waals surface area contributed by atoms with E-state index in [9.17, 15) is 0 Å². The summed E-state index contributed by atoms with van der Waals surface area (Å²) in [6, 6.07) is 21.4. The molecule has 7 rings (SSSR count). The predicted molar refractivity (Wildman–Crippen MR) is 134 cm³/mol. The van der Waals surface area contributed by atoms with Gasteiger partial charge in [-0.05, 0) is 123 Å². The second-order valence-corrected chi connectivity index (χ2v) is 12.4. The van der Waals surface area contributed by atoms with Crippen LogP contribution in [0.25, 0.3) is 0 Å². The van der Waals surface area contributed by atoms with Crippen molar-refractivity contribution in [1.82, 2.24) is 5.32 Å². The summed E-state index contributed by atoms with van der Waals surface area (Å²) in [5, 5.41) is 5.07. The lowest BCUT2D eigenvalue weighted by molar-refractivity contribution is -0.0901. The molecule has 1 N–H and O–H groups in total. The molecular weight excluding hydrogens is 410 g/mol. The van der Waals surface area contributed by atoms with Crippen molar-refractivity contribution < 1.29 is 0 Å². The van der Waals surface area contributed by atoms with Gasteiger partial charge in [-0.25, -0.2) is 0 Å². The van der Waals surface area contributed by atoms with E-state index in [1.54, 1.807) is 11.1 Å². The first kappa shape index (κ1) is 21.2. The molecular formula is C30H38ClN. The second kappa shape index (κ2) is 8.17. The molecule has 5 saturated carbocycles. The van der Waals surface area contributed by atoms with Crippen molar-refractivity contribution in [3.63, 3.8) is 0 Å². The Kier molecular flexibility index (Phi) is 5.42. The third-order valence-electron chi connectivity index (χ3n) is 9.97. The lowest BCUT2D eigenvalue weighted by Crippen LogP contribution is -2.61. The quantitative estimate of drug-likeness (QED) is 0.491. The maximum atomic E-state index is 6.24. The fourth-order valence-electron chi connectivity index (χ4n) is 8.83. The molecule has 0 amide bonds. The first-order valence-electron chi connectivity index (χ1n) is 13.1. The van der Waals surface area contributed by atoms with Gasteiger partial charge in [-0.15, -0.1) is 0 Å². The summed E-state index contributed by atoms with van der Waals surface area (Å²) in [4.78, 5) is 0. The Labute approximate surface area is 199 Å². The number of benzene rings is 2. The Morgan fingerprint density at radius 2 is 1.50 bits per heavy atom. The fourth-order valence-corrected chi connectivity index (χ4v) is 8.96. The van der Waals surface area contributed by atoms with E-state index in [1.165, 1.54) is 64.2 Å². The molecule has 0 aromatic heterocycles. The van der Waals surface area contributed by atoms with Gasteiger partial charge in [0.05, 0.1) is 0 Å². The second-order valence-electron chi connectivity index (χ2n) is 12.0. The summed E-state index contributed by atoms with van der Waals surface area (Å²) in [5.41, 5.74) is 4.00. The molecule has 0 radical (unpaired) electrons. The van der Waals surface area contributed by atoms with Gasteiger partial charge in [0.15, 0.2) is 0 Å². The van der Waals surface area contributed by atoms with Crippen molar-refractivity contribution in [1.29, 1.82) is 0 Å². The van der Waals surface area contributed by atoms with E-state index < -0.39 is 0 Å². The molecule has 0 heterocycles. The van der Waals surface area contributed by atoms with E-state index in [1.807, 2.05) is 0 Å². The Hall–Kier alpha value is -1.31. The van der Waals surface area contributed by atoms with E-state index >= 15 is 0 Å². The van der Waals surface area contributed by atoms with Gasteiger partial charge in [-0.2, -0.15) is 0 Å². The molecule has 1 nitrogen and oxygen atoms in total. The molecule has 2 aromatic carbocycles. The van der Waals surface area contributed by atoms with Crippen LogP contribution in [0, 0.1) is 17.3 Å². The first-order valence-corrected chi connectivity index (χ1v) is 13.5. The van der Waals surface area contributed by atoms with E-state index in [2.05, 4.69) is 66.8 Å². The lowest BCUT2D eigenvalue weighted by atomic mass is 9.41. The van der Waals surface area contributed by atoms with Gasteiger partial charge in [-0.3, -0.25) is 0 Å². The molecule has 5 aliphatic rings. The molecule has 5 fully saturated rings. The Balaban J connectivity index is 1.16. The van der Waals surface area contributed by atoms with Crippen LogP contribution in [0.4, 0.5) is 0 Å². The molecule has 32 heavy (non-hydrogen) atoms. The largest absolute Gasteiger partial charge is 0.311 e. The average Bonchev–Trinajstić information content (AvgIpc) is 2.80. The third-order valence-corrected chi connectivity index (χ3v) is 10.2. The first-order chi connectivity index (χ1) is 15.5.